The fraction of sp³-hybridized carbons (Fsp3) is 0.440. The first-order chi connectivity index (χ1) is 17.6. The zero-order valence-electron chi connectivity index (χ0n) is 20.4. The zero-order chi connectivity index (χ0) is 24.5. The highest BCUT2D eigenvalue weighted by atomic mass is 16.2. The zero-order valence-corrected chi connectivity index (χ0v) is 20.4. The first kappa shape index (κ1) is 22.7. The van der Waals surface area contributed by atoms with Gasteiger partial charge in [0.15, 0.2) is 11.2 Å². The van der Waals surface area contributed by atoms with Gasteiger partial charge >= 0.3 is 0 Å². The molecule has 0 saturated carbocycles. The number of pyridine rings is 1. The third-order valence-corrected chi connectivity index (χ3v) is 7.14. The number of benzene rings is 1. The summed E-state index contributed by atoms with van der Waals surface area (Å²) in [6.07, 6.45) is 4.91. The second-order valence-corrected chi connectivity index (χ2v) is 9.65. The molecule has 11 nitrogen and oxygen atoms in total. The van der Waals surface area contributed by atoms with Crippen LogP contribution in [0.25, 0.3) is 27.8 Å². The van der Waals surface area contributed by atoms with Gasteiger partial charge in [-0.15, -0.1) is 5.10 Å². The first-order valence-electron chi connectivity index (χ1n) is 12.5. The van der Waals surface area contributed by atoms with Crippen LogP contribution in [0.15, 0.2) is 42.7 Å². The van der Waals surface area contributed by atoms with Crippen LogP contribution in [0, 0.1) is 0 Å². The number of amides is 1. The number of nitrogens with one attached hydrogen (secondary N) is 1. The molecular formula is C25H30N10O. The van der Waals surface area contributed by atoms with Crippen molar-refractivity contribution in [3.8, 4) is 5.69 Å². The van der Waals surface area contributed by atoms with Gasteiger partial charge in [-0.1, -0.05) is 11.3 Å². The Bertz CT molecular complexity index is 1380. The second-order valence-electron chi connectivity index (χ2n) is 9.65. The third-order valence-electron chi connectivity index (χ3n) is 7.14. The Morgan fingerprint density at radius 1 is 1.08 bits per heavy atom. The topological polar surface area (TPSA) is 108 Å². The van der Waals surface area contributed by atoms with Gasteiger partial charge in [-0.2, -0.15) is 9.67 Å². The smallest absolute Gasteiger partial charge is 0.225 e. The maximum absolute atomic E-state index is 12.8. The van der Waals surface area contributed by atoms with Crippen molar-refractivity contribution in [3.63, 3.8) is 0 Å². The molecule has 0 bridgehead atoms. The minimum absolute atomic E-state index is 0.117. The van der Waals surface area contributed by atoms with Crippen molar-refractivity contribution >= 4 is 33.9 Å². The number of rotatable bonds is 6. The summed E-state index contributed by atoms with van der Waals surface area (Å²) in [6, 6.07) is 10.00. The molecule has 3 aromatic heterocycles. The number of likely N-dealkylation sites (N-methyl/N-ethyl adjacent to an activating group) is 1. The summed E-state index contributed by atoms with van der Waals surface area (Å²) in [5.74, 6) is 0.743. The second kappa shape index (κ2) is 9.75. The number of anilines is 1. The summed E-state index contributed by atoms with van der Waals surface area (Å²) in [5, 5.41) is 13.0. The van der Waals surface area contributed by atoms with Crippen LogP contribution < -0.4 is 5.32 Å². The van der Waals surface area contributed by atoms with Crippen LogP contribution in [0.3, 0.4) is 0 Å². The summed E-state index contributed by atoms with van der Waals surface area (Å²) in [4.78, 5) is 33.0. The van der Waals surface area contributed by atoms with Crippen LogP contribution in [-0.2, 0) is 4.79 Å². The van der Waals surface area contributed by atoms with E-state index in [2.05, 4.69) is 42.4 Å². The number of hydrogen-bond donors (Lipinski definition) is 1. The van der Waals surface area contributed by atoms with E-state index < -0.39 is 0 Å². The highest BCUT2D eigenvalue weighted by Crippen LogP contribution is 2.21. The molecule has 11 heteroatoms. The lowest BCUT2D eigenvalue weighted by Gasteiger charge is -2.32. The molecule has 1 amide bonds. The van der Waals surface area contributed by atoms with Crippen LogP contribution >= 0.6 is 0 Å². The number of piperazine rings is 1. The molecule has 2 aliphatic heterocycles. The Morgan fingerprint density at radius 2 is 1.97 bits per heavy atom. The minimum atomic E-state index is 0.117. The van der Waals surface area contributed by atoms with E-state index >= 15 is 0 Å². The van der Waals surface area contributed by atoms with Crippen molar-refractivity contribution in [2.24, 2.45) is 0 Å². The average Bonchev–Trinajstić information content (AvgIpc) is 3.55. The molecule has 0 unspecified atom stereocenters. The molecule has 1 atom stereocenters. The van der Waals surface area contributed by atoms with Crippen molar-refractivity contribution in [2.45, 2.75) is 18.9 Å². The number of aromatic nitrogens is 6. The van der Waals surface area contributed by atoms with Gasteiger partial charge in [0.25, 0.3) is 0 Å². The molecule has 2 saturated heterocycles. The molecule has 186 valence electrons. The van der Waals surface area contributed by atoms with Gasteiger partial charge in [-0.25, -0.2) is 4.98 Å². The molecule has 5 heterocycles. The fourth-order valence-electron chi connectivity index (χ4n) is 4.94. The molecule has 1 aromatic carbocycles. The van der Waals surface area contributed by atoms with Crippen molar-refractivity contribution in [1.82, 2.24) is 44.6 Å². The monoisotopic (exact) mass is 486 g/mol. The number of carbonyl (C=O) groups is 1. The lowest BCUT2D eigenvalue weighted by atomic mass is 10.2. The molecule has 2 fully saturated rings. The van der Waals surface area contributed by atoms with Crippen molar-refractivity contribution < 1.29 is 4.79 Å². The predicted molar refractivity (Wildman–Crippen MR) is 137 cm³/mol. The van der Waals surface area contributed by atoms with Crippen molar-refractivity contribution in [3.05, 3.63) is 42.7 Å². The van der Waals surface area contributed by atoms with E-state index in [4.69, 9.17) is 4.98 Å². The normalized spacial score (nSPS) is 19.4. The van der Waals surface area contributed by atoms with E-state index in [9.17, 15) is 4.79 Å². The number of hydrogen-bond acceptors (Lipinski definition) is 9. The molecule has 36 heavy (non-hydrogen) atoms. The first-order valence-corrected chi connectivity index (χ1v) is 12.5. The minimum Gasteiger partial charge on any atom is -0.350 e. The fourth-order valence-corrected chi connectivity index (χ4v) is 4.94. The van der Waals surface area contributed by atoms with E-state index in [0.29, 0.717) is 30.1 Å². The Hall–Kier alpha value is -3.70. The van der Waals surface area contributed by atoms with Gasteiger partial charge in [0.1, 0.15) is 0 Å². The Balaban J connectivity index is 1.10. The summed E-state index contributed by atoms with van der Waals surface area (Å²) >= 11 is 0. The molecule has 6 rings (SSSR count). The molecular weight excluding hydrogens is 456 g/mol. The highest BCUT2D eigenvalue weighted by Gasteiger charge is 2.27. The summed E-state index contributed by atoms with van der Waals surface area (Å²) < 4.78 is 1.72. The average molecular weight is 487 g/mol. The summed E-state index contributed by atoms with van der Waals surface area (Å²) in [5.41, 5.74) is 3.04. The Kier molecular flexibility index (Phi) is 6.16. The Labute approximate surface area is 209 Å². The highest BCUT2D eigenvalue weighted by molar-refractivity contribution is 5.81. The number of nitrogens with zero attached hydrogens (tertiary/aromatic N) is 9. The lowest BCUT2D eigenvalue weighted by molar-refractivity contribution is -0.130. The quantitative estimate of drug-likeness (QED) is 0.433. The standard InChI is InChI=1S/C25H30N10O/c1-32-11-13-33(14-12-32)9-7-23(36)34-10-6-19(17-34)28-25-27-16-22-24(29-25)35(31-30-22)20-4-5-21-18(15-20)3-2-8-26-21/h2-5,8,15-16,19H,6-7,9-14,17H2,1H3,(H,27,28,29)/t19-/m1/s1. The summed E-state index contributed by atoms with van der Waals surface area (Å²) in [7, 11) is 2.15. The maximum atomic E-state index is 12.8. The van der Waals surface area contributed by atoms with Crippen LogP contribution in [0.2, 0.25) is 0 Å². The largest absolute Gasteiger partial charge is 0.350 e. The van der Waals surface area contributed by atoms with Gasteiger partial charge < -0.3 is 20.0 Å². The number of carbonyl (C=O) groups excluding carboxylic acids is 1. The van der Waals surface area contributed by atoms with Crippen LogP contribution in [0.4, 0.5) is 5.95 Å². The Morgan fingerprint density at radius 3 is 2.86 bits per heavy atom. The van der Waals surface area contributed by atoms with E-state index in [0.717, 1.165) is 62.3 Å². The molecule has 0 radical (unpaired) electrons. The summed E-state index contributed by atoms with van der Waals surface area (Å²) in [6.45, 7) is 6.47. The van der Waals surface area contributed by atoms with Crippen molar-refractivity contribution in [2.75, 3.05) is 58.2 Å². The lowest BCUT2D eigenvalue weighted by Crippen LogP contribution is -2.45. The SMILES string of the molecule is CN1CCN(CCC(=O)N2CC[C@@H](Nc3ncc4nnn(-c5ccc6ncccc6c5)c4n3)C2)CC1. The van der Waals surface area contributed by atoms with Gasteiger partial charge in [-0.05, 0) is 37.7 Å². The van der Waals surface area contributed by atoms with Gasteiger partial charge in [0.05, 0.1) is 17.4 Å². The van der Waals surface area contributed by atoms with Crippen LogP contribution in [0.1, 0.15) is 12.8 Å². The molecule has 2 aliphatic rings. The van der Waals surface area contributed by atoms with Gasteiger partial charge in [-0.3, -0.25) is 9.78 Å². The molecule has 0 spiro atoms. The van der Waals surface area contributed by atoms with Crippen LogP contribution in [0.5, 0.6) is 0 Å². The van der Waals surface area contributed by atoms with E-state index in [1.54, 1.807) is 17.1 Å². The number of likely N-dealkylation sites (tertiary alicyclic amines) is 1. The molecule has 0 aliphatic carbocycles. The third kappa shape index (κ3) is 4.71. The molecule has 1 N–H and O–H groups in total. The van der Waals surface area contributed by atoms with Crippen molar-refractivity contribution in [1.29, 1.82) is 0 Å². The van der Waals surface area contributed by atoms with Gasteiger partial charge in [0.2, 0.25) is 11.9 Å². The van der Waals surface area contributed by atoms with E-state index in [-0.39, 0.29) is 11.9 Å². The predicted octanol–water partition coefficient (Wildman–Crippen LogP) is 1.41. The van der Waals surface area contributed by atoms with E-state index in [1.807, 2.05) is 35.2 Å². The molecule has 4 aromatic rings. The number of fused-ring (bicyclic) bond motifs is 2. The van der Waals surface area contributed by atoms with E-state index in [1.165, 1.54) is 0 Å². The van der Waals surface area contributed by atoms with Gasteiger partial charge in [0, 0.05) is 69.9 Å². The maximum Gasteiger partial charge on any atom is 0.225 e. The van der Waals surface area contributed by atoms with Crippen LogP contribution in [-0.4, -0.2) is 109 Å².